The van der Waals surface area contributed by atoms with E-state index in [1.54, 1.807) is 31.2 Å². The number of aliphatic carboxylic acids is 1. The highest BCUT2D eigenvalue weighted by atomic mass is 79.9. The van der Waals surface area contributed by atoms with E-state index in [-0.39, 0.29) is 18.1 Å². The largest absolute Gasteiger partial charge is 0.479 e. The second-order valence-corrected chi connectivity index (χ2v) is 7.82. The molecule has 0 saturated heterocycles. The van der Waals surface area contributed by atoms with Gasteiger partial charge in [0.2, 0.25) is 0 Å². The molecule has 6 nitrogen and oxygen atoms in total. The van der Waals surface area contributed by atoms with Crippen molar-refractivity contribution in [3.05, 3.63) is 82.3 Å². The van der Waals surface area contributed by atoms with Crippen molar-refractivity contribution >= 4 is 45.3 Å². The van der Waals surface area contributed by atoms with E-state index in [0.29, 0.717) is 11.1 Å². The van der Waals surface area contributed by atoms with Crippen molar-refractivity contribution < 1.29 is 19.4 Å². The molecule has 29 heavy (non-hydrogen) atoms. The number of rotatable bonds is 7. The monoisotopic (exact) mass is 476 g/mol. The zero-order valence-corrected chi connectivity index (χ0v) is 18.2. The lowest BCUT2D eigenvalue weighted by Gasteiger charge is -2.32. The molecule has 1 amide bonds. The second-order valence-electron chi connectivity index (χ2n) is 6.49. The van der Waals surface area contributed by atoms with Gasteiger partial charge in [0, 0.05) is 10.9 Å². The van der Waals surface area contributed by atoms with Gasteiger partial charge in [-0.2, -0.15) is 0 Å². The Morgan fingerprint density at radius 2 is 1.79 bits per heavy atom. The Labute approximate surface area is 183 Å². The first kappa shape index (κ1) is 22.6. The number of carbonyl (C=O) groups is 2. The molecule has 0 aromatic heterocycles. The van der Waals surface area contributed by atoms with Crippen LogP contribution in [-0.2, 0) is 21.7 Å². The minimum absolute atomic E-state index is 0.0673. The number of halogens is 1. The summed E-state index contributed by atoms with van der Waals surface area (Å²) in [5, 5.41) is 15.0. The molecule has 2 aromatic carbocycles. The predicted octanol–water partition coefficient (Wildman–Crippen LogP) is 4.50. The van der Waals surface area contributed by atoms with Crippen LogP contribution >= 0.6 is 28.1 Å². The molecule has 0 aliphatic heterocycles. The molecular weight excluding hydrogens is 456 g/mol. The Morgan fingerprint density at radius 3 is 2.34 bits per heavy atom. The van der Waals surface area contributed by atoms with Crippen molar-refractivity contribution in [3.8, 4) is 0 Å². The second kappa shape index (κ2) is 10.2. The summed E-state index contributed by atoms with van der Waals surface area (Å²) in [5.41, 5.74) is 0.338. The summed E-state index contributed by atoms with van der Waals surface area (Å²) in [6, 6.07) is 16.0. The molecule has 0 heterocycles. The predicted molar refractivity (Wildman–Crippen MR) is 118 cm³/mol. The summed E-state index contributed by atoms with van der Waals surface area (Å²) in [6.07, 6.45) is -0.707. The van der Waals surface area contributed by atoms with Crippen molar-refractivity contribution in [2.75, 3.05) is 0 Å². The molecule has 2 aromatic rings. The van der Waals surface area contributed by atoms with Gasteiger partial charge in [0.15, 0.2) is 10.7 Å². The molecule has 8 heteroatoms. The molecule has 0 aliphatic carbocycles. The maximum Gasteiger partial charge on any atom is 0.413 e. The number of carbonyl (C=O) groups excluding carboxylic acids is 1. The molecule has 3 N–H and O–H groups in total. The lowest BCUT2D eigenvalue weighted by molar-refractivity contribution is -0.144. The van der Waals surface area contributed by atoms with Gasteiger partial charge < -0.3 is 15.2 Å². The summed E-state index contributed by atoms with van der Waals surface area (Å²) >= 11 is 8.52. The van der Waals surface area contributed by atoms with Crippen LogP contribution in [0.25, 0.3) is 0 Å². The number of hydrogen-bond donors (Lipinski definition) is 3. The normalized spacial score (nSPS) is 12.3. The molecule has 0 unspecified atom stereocenters. The fourth-order valence-corrected chi connectivity index (χ4v) is 3.26. The first-order chi connectivity index (χ1) is 13.7. The number of benzene rings is 2. The van der Waals surface area contributed by atoms with Gasteiger partial charge >= 0.3 is 12.1 Å². The zero-order chi connectivity index (χ0) is 21.4. The van der Waals surface area contributed by atoms with Crippen LogP contribution in [0.2, 0.25) is 0 Å². The molecular formula is C21H21BrN2O4S. The number of nitrogens with one attached hydrogen (secondary N) is 2. The van der Waals surface area contributed by atoms with E-state index < -0.39 is 17.6 Å². The quantitative estimate of drug-likeness (QED) is 0.402. The molecule has 1 atom stereocenters. The highest BCUT2D eigenvalue weighted by molar-refractivity contribution is 9.10. The van der Waals surface area contributed by atoms with Crippen LogP contribution in [0, 0.1) is 0 Å². The maximum atomic E-state index is 12.3. The third-order valence-electron chi connectivity index (χ3n) is 4.02. The number of carboxylic acids is 1. The van der Waals surface area contributed by atoms with Crippen molar-refractivity contribution in [2.24, 2.45) is 0 Å². The summed E-state index contributed by atoms with van der Waals surface area (Å²) in [5.74, 6) is -1.15. The summed E-state index contributed by atoms with van der Waals surface area (Å²) in [4.78, 5) is 24.3. The summed E-state index contributed by atoms with van der Waals surface area (Å²) < 4.78 is 5.93. The van der Waals surface area contributed by atoms with E-state index in [4.69, 9.17) is 17.0 Å². The van der Waals surface area contributed by atoms with Crippen LogP contribution in [0.5, 0.6) is 0 Å². The zero-order valence-electron chi connectivity index (χ0n) is 15.8. The topological polar surface area (TPSA) is 87.7 Å². The molecule has 0 spiro atoms. The SMILES string of the molecule is C=C(C)C[C@](NC(=S)NC(=O)OCc1ccccc1)(C(=O)O)c1ccc(Br)cc1. The van der Waals surface area contributed by atoms with Gasteiger partial charge in [0.05, 0.1) is 0 Å². The van der Waals surface area contributed by atoms with Crippen molar-refractivity contribution in [2.45, 2.75) is 25.5 Å². The first-order valence-corrected chi connectivity index (χ1v) is 9.87. The van der Waals surface area contributed by atoms with E-state index in [2.05, 4.69) is 33.1 Å². The van der Waals surface area contributed by atoms with Crippen molar-refractivity contribution in [3.63, 3.8) is 0 Å². The van der Waals surface area contributed by atoms with Crippen molar-refractivity contribution in [1.29, 1.82) is 0 Å². The average Bonchev–Trinajstić information content (AvgIpc) is 2.66. The Morgan fingerprint density at radius 1 is 1.17 bits per heavy atom. The fraction of sp³-hybridized carbons (Fsp3) is 0.190. The smallest absolute Gasteiger partial charge is 0.413 e. The number of carboxylic acid groups (broad SMARTS) is 1. The summed E-state index contributed by atoms with van der Waals surface area (Å²) in [6.45, 7) is 5.62. The third kappa shape index (κ3) is 6.40. The third-order valence-corrected chi connectivity index (χ3v) is 4.76. The minimum Gasteiger partial charge on any atom is -0.479 e. The number of ether oxygens (including phenoxy) is 1. The van der Waals surface area contributed by atoms with Gasteiger partial charge in [-0.25, -0.2) is 9.59 Å². The van der Waals surface area contributed by atoms with Gasteiger partial charge in [0.1, 0.15) is 6.61 Å². The minimum atomic E-state index is -1.59. The van der Waals surface area contributed by atoms with Crippen LogP contribution in [0.1, 0.15) is 24.5 Å². The van der Waals surface area contributed by atoms with Crippen LogP contribution in [-0.4, -0.2) is 22.3 Å². The Bertz CT molecular complexity index is 903. The van der Waals surface area contributed by atoms with Crippen LogP contribution in [0.4, 0.5) is 4.79 Å². The van der Waals surface area contributed by atoms with E-state index in [0.717, 1.165) is 10.0 Å². The molecule has 2 rings (SSSR count). The molecule has 152 valence electrons. The van der Waals surface area contributed by atoms with Gasteiger partial charge in [-0.1, -0.05) is 64.0 Å². The van der Waals surface area contributed by atoms with E-state index in [1.165, 1.54) is 0 Å². The maximum absolute atomic E-state index is 12.3. The summed E-state index contributed by atoms with van der Waals surface area (Å²) in [7, 11) is 0. The average molecular weight is 477 g/mol. The lowest BCUT2D eigenvalue weighted by atomic mass is 9.84. The molecule has 0 aliphatic rings. The highest BCUT2D eigenvalue weighted by Crippen LogP contribution is 2.30. The number of thiocarbonyl (C=S) groups is 1. The van der Waals surface area contributed by atoms with Gasteiger partial charge in [-0.15, -0.1) is 6.58 Å². The van der Waals surface area contributed by atoms with Crippen molar-refractivity contribution in [1.82, 2.24) is 10.6 Å². The van der Waals surface area contributed by atoms with Crippen LogP contribution < -0.4 is 10.6 Å². The standard InChI is InChI=1S/C21H21BrN2O4S/c1-14(2)12-21(18(25)26,16-8-10-17(22)11-9-16)24-19(29)23-20(27)28-13-15-6-4-3-5-7-15/h3-11H,1,12-13H2,2H3,(H,25,26)(H2,23,24,27,29)/t21-/m1/s1. The van der Waals surface area contributed by atoms with E-state index in [9.17, 15) is 14.7 Å². The molecule has 0 bridgehead atoms. The Balaban J connectivity index is 2.13. The lowest BCUT2D eigenvalue weighted by Crippen LogP contribution is -2.55. The van der Waals surface area contributed by atoms with Crippen LogP contribution in [0.3, 0.4) is 0 Å². The number of amides is 1. The van der Waals surface area contributed by atoms with Crippen LogP contribution in [0.15, 0.2) is 71.2 Å². The number of hydrogen-bond acceptors (Lipinski definition) is 4. The fourth-order valence-electron chi connectivity index (χ4n) is 2.74. The Kier molecular flexibility index (Phi) is 7.92. The molecule has 0 fully saturated rings. The first-order valence-electron chi connectivity index (χ1n) is 8.66. The van der Waals surface area contributed by atoms with Gasteiger partial charge in [-0.3, -0.25) is 5.32 Å². The van der Waals surface area contributed by atoms with Gasteiger partial charge in [-0.05, 0) is 42.4 Å². The number of alkyl carbamates (subject to hydrolysis) is 1. The van der Waals surface area contributed by atoms with E-state index >= 15 is 0 Å². The molecule has 0 saturated carbocycles. The Hall–Kier alpha value is -2.71. The highest BCUT2D eigenvalue weighted by Gasteiger charge is 2.41. The molecule has 0 radical (unpaired) electrons. The van der Waals surface area contributed by atoms with Gasteiger partial charge in [0.25, 0.3) is 0 Å². The van der Waals surface area contributed by atoms with E-state index in [1.807, 2.05) is 30.3 Å².